The minimum atomic E-state index is -0.535. The Bertz CT molecular complexity index is 1200. The van der Waals surface area contributed by atoms with Gasteiger partial charge in [-0.05, 0) is 42.0 Å². The van der Waals surface area contributed by atoms with Gasteiger partial charge in [-0.15, -0.1) is 0 Å². The first-order valence-electron chi connectivity index (χ1n) is 9.02. The Hall–Kier alpha value is -3.56. The van der Waals surface area contributed by atoms with E-state index in [1.54, 1.807) is 24.7 Å². The number of aromatic nitrogens is 4. The Balaban J connectivity index is 1.54. The van der Waals surface area contributed by atoms with Gasteiger partial charge in [0.1, 0.15) is 17.2 Å². The van der Waals surface area contributed by atoms with Gasteiger partial charge in [0.05, 0.1) is 17.1 Å². The van der Waals surface area contributed by atoms with Gasteiger partial charge < -0.3 is 20.8 Å². The first kappa shape index (κ1) is 19.7. The number of rotatable bonds is 6. The molecule has 1 aromatic carbocycles. The molecule has 4 N–H and O–H groups in total. The minimum absolute atomic E-state index is 0.0421. The third kappa shape index (κ3) is 4.37. The standard InChI is InChI=1S/C20H17ClFN7O/c21-15-9-13(1-2-16(15)22)26-19(29-30)14-5-8-25-20-18(14)27-17(28-20)11-24-10-12-3-6-23-7-4-12/h1-9,24,30H,10-11H2,(H,26,29)(H,25,27,28). The third-order valence-corrected chi connectivity index (χ3v) is 4.63. The molecule has 0 fully saturated rings. The van der Waals surface area contributed by atoms with Crippen molar-refractivity contribution in [1.82, 2.24) is 25.3 Å². The Morgan fingerprint density at radius 2 is 1.97 bits per heavy atom. The monoisotopic (exact) mass is 425 g/mol. The topological polar surface area (TPSA) is 111 Å². The van der Waals surface area contributed by atoms with Gasteiger partial charge in [0, 0.05) is 30.8 Å². The molecule has 3 aromatic heterocycles. The molecule has 10 heteroatoms. The fourth-order valence-corrected chi connectivity index (χ4v) is 3.10. The highest BCUT2D eigenvalue weighted by molar-refractivity contribution is 6.31. The van der Waals surface area contributed by atoms with Gasteiger partial charge in [0.15, 0.2) is 11.5 Å². The lowest BCUT2D eigenvalue weighted by atomic mass is 10.2. The lowest BCUT2D eigenvalue weighted by Gasteiger charge is -2.09. The van der Waals surface area contributed by atoms with Crippen LogP contribution in [0.2, 0.25) is 5.02 Å². The fraction of sp³-hybridized carbons (Fsp3) is 0.100. The zero-order chi connectivity index (χ0) is 20.9. The second-order valence-corrected chi connectivity index (χ2v) is 6.81. The van der Waals surface area contributed by atoms with Crippen molar-refractivity contribution in [3.63, 3.8) is 0 Å². The number of fused-ring (bicyclic) bond motifs is 1. The highest BCUT2D eigenvalue weighted by atomic mass is 35.5. The van der Waals surface area contributed by atoms with Crippen LogP contribution in [0, 0.1) is 5.82 Å². The predicted octanol–water partition coefficient (Wildman–Crippen LogP) is 3.68. The maximum absolute atomic E-state index is 13.4. The molecule has 0 bridgehead atoms. The van der Waals surface area contributed by atoms with Crippen molar-refractivity contribution in [2.45, 2.75) is 13.1 Å². The molecule has 152 valence electrons. The zero-order valence-corrected chi connectivity index (χ0v) is 16.4. The van der Waals surface area contributed by atoms with E-state index in [4.69, 9.17) is 11.6 Å². The quantitative estimate of drug-likeness (QED) is 0.162. The van der Waals surface area contributed by atoms with Crippen LogP contribution in [0.5, 0.6) is 0 Å². The number of pyridine rings is 2. The molecule has 30 heavy (non-hydrogen) atoms. The summed E-state index contributed by atoms with van der Waals surface area (Å²) in [7, 11) is 0. The van der Waals surface area contributed by atoms with Gasteiger partial charge in [0.25, 0.3) is 0 Å². The van der Waals surface area contributed by atoms with E-state index in [9.17, 15) is 9.60 Å². The Kier molecular flexibility index (Phi) is 5.82. The molecule has 0 spiro atoms. The van der Waals surface area contributed by atoms with E-state index in [-0.39, 0.29) is 10.9 Å². The second-order valence-electron chi connectivity index (χ2n) is 6.40. The van der Waals surface area contributed by atoms with Crippen LogP contribution in [0.1, 0.15) is 17.0 Å². The maximum atomic E-state index is 13.4. The van der Waals surface area contributed by atoms with Crippen molar-refractivity contribution in [3.8, 4) is 0 Å². The summed E-state index contributed by atoms with van der Waals surface area (Å²) < 4.78 is 13.4. The molecule has 0 radical (unpaired) electrons. The van der Waals surface area contributed by atoms with Crippen molar-refractivity contribution in [2.75, 3.05) is 5.32 Å². The summed E-state index contributed by atoms with van der Waals surface area (Å²) in [4.78, 5) is 16.0. The van der Waals surface area contributed by atoms with Crippen LogP contribution in [0.4, 0.5) is 10.1 Å². The number of H-pyrrole nitrogens is 1. The van der Waals surface area contributed by atoms with E-state index in [0.717, 1.165) is 5.56 Å². The highest BCUT2D eigenvalue weighted by Crippen LogP contribution is 2.21. The average molecular weight is 426 g/mol. The van der Waals surface area contributed by atoms with E-state index in [2.05, 4.69) is 35.7 Å². The smallest absolute Gasteiger partial charge is 0.179 e. The number of oxime groups is 1. The van der Waals surface area contributed by atoms with E-state index >= 15 is 0 Å². The first-order chi connectivity index (χ1) is 14.6. The van der Waals surface area contributed by atoms with Crippen LogP contribution >= 0.6 is 11.6 Å². The van der Waals surface area contributed by atoms with Gasteiger partial charge in [0.2, 0.25) is 0 Å². The normalized spacial score (nSPS) is 11.7. The number of hydrogen-bond acceptors (Lipinski definition) is 6. The summed E-state index contributed by atoms with van der Waals surface area (Å²) in [5.74, 6) is 0.279. The van der Waals surface area contributed by atoms with Gasteiger partial charge in [-0.1, -0.05) is 16.8 Å². The number of anilines is 1. The summed E-state index contributed by atoms with van der Waals surface area (Å²) >= 11 is 5.82. The summed E-state index contributed by atoms with van der Waals surface area (Å²) in [5.41, 5.74) is 3.19. The molecular formula is C20H17ClFN7O. The summed E-state index contributed by atoms with van der Waals surface area (Å²) in [6, 6.07) is 9.65. The van der Waals surface area contributed by atoms with Gasteiger partial charge >= 0.3 is 0 Å². The van der Waals surface area contributed by atoms with Crippen molar-refractivity contribution in [1.29, 1.82) is 0 Å². The number of aromatic amines is 1. The summed E-state index contributed by atoms with van der Waals surface area (Å²) in [5, 5.41) is 19.1. The fourth-order valence-electron chi connectivity index (χ4n) is 2.92. The number of benzene rings is 1. The van der Waals surface area contributed by atoms with Gasteiger partial charge in [-0.25, -0.2) is 14.4 Å². The highest BCUT2D eigenvalue weighted by Gasteiger charge is 2.15. The Labute approximate surface area is 175 Å². The molecule has 0 amide bonds. The predicted molar refractivity (Wildman–Crippen MR) is 112 cm³/mol. The molecule has 0 aliphatic rings. The van der Waals surface area contributed by atoms with E-state index in [1.807, 2.05) is 12.1 Å². The molecule has 0 unspecified atom stereocenters. The summed E-state index contributed by atoms with van der Waals surface area (Å²) in [6.07, 6.45) is 5.06. The molecule has 8 nitrogen and oxygen atoms in total. The van der Waals surface area contributed by atoms with Crippen LogP contribution in [0.3, 0.4) is 0 Å². The maximum Gasteiger partial charge on any atom is 0.179 e. The van der Waals surface area contributed by atoms with Crippen LogP contribution in [0.15, 0.2) is 60.1 Å². The molecule has 4 aromatic rings. The molecule has 4 rings (SSSR count). The molecular weight excluding hydrogens is 409 g/mol. The van der Waals surface area contributed by atoms with Crippen molar-refractivity contribution in [3.05, 3.63) is 82.8 Å². The molecule has 0 aliphatic carbocycles. The van der Waals surface area contributed by atoms with Crippen molar-refractivity contribution in [2.24, 2.45) is 5.16 Å². The van der Waals surface area contributed by atoms with Gasteiger partial charge in [-0.3, -0.25) is 4.98 Å². The van der Waals surface area contributed by atoms with E-state index in [0.29, 0.717) is 41.3 Å². The number of nitrogens with one attached hydrogen (secondary N) is 3. The van der Waals surface area contributed by atoms with E-state index in [1.165, 1.54) is 18.2 Å². The lowest BCUT2D eigenvalue weighted by molar-refractivity contribution is 0.319. The number of imidazole rings is 1. The van der Waals surface area contributed by atoms with E-state index < -0.39 is 5.82 Å². The zero-order valence-electron chi connectivity index (χ0n) is 15.6. The number of hydrogen-bond donors (Lipinski definition) is 4. The minimum Gasteiger partial charge on any atom is -0.409 e. The van der Waals surface area contributed by atoms with Crippen LogP contribution in [-0.2, 0) is 13.1 Å². The van der Waals surface area contributed by atoms with Crippen LogP contribution < -0.4 is 10.6 Å². The molecule has 0 atom stereocenters. The Morgan fingerprint density at radius 1 is 1.13 bits per heavy atom. The molecule has 3 heterocycles. The number of halogens is 2. The largest absolute Gasteiger partial charge is 0.409 e. The lowest BCUT2D eigenvalue weighted by Crippen LogP contribution is -2.15. The molecule has 0 saturated heterocycles. The number of nitrogens with zero attached hydrogens (tertiary/aromatic N) is 4. The first-order valence-corrected chi connectivity index (χ1v) is 9.39. The molecule has 0 aliphatic heterocycles. The van der Waals surface area contributed by atoms with Crippen LogP contribution in [0.25, 0.3) is 11.2 Å². The Morgan fingerprint density at radius 3 is 2.73 bits per heavy atom. The van der Waals surface area contributed by atoms with Gasteiger partial charge in [-0.2, -0.15) is 0 Å². The van der Waals surface area contributed by atoms with Crippen LogP contribution in [-0.4, -0.2) is 31.0 Å². The number of amidine groups is 1. The van der Waals surface area contributed by atoms with Crippen molar-refractivity contribution < 1.29 is 9.60 Å². The summed E-state index contributed by atoms with van der Waals surface area (Å²) in [6.45, 7) is 1.15. The third-order valence-electron chi connectivity index (χ3n) is 4.34. The molecule has 0 saturated carbocycles. The second kappa shape index (κ2) is 8.85. The average Bonchev–Trinajstić information content (AvgIpc) is 3.18. The van der Waals surface area contributed by atoms with Crippen molar-refractivity contribution >= 4 is 34.3 Å². The SMILES string of the molecule is O/N=C(/Nc1ccc(F)c(Cl)c1)c1ccnc2[nH]c(CNCc3ccncc3)nc12.